The highest BCUT2D eigenvalue weighted by atomic mass is 35.5. The molecule has 0 aliphatic rings. The van der Waals surface area contributed by atoms with E-state index in [4.69, 9.17) is 27.9 Å². The van der Waals surface area contributed by atoms with Gasteiger partial charge in [-0.25, -0.2) is 0 Å². The number of rotatable bonds is 4. The smallest absolute Gasteiger partial charge is 0.119 e. The second-order valence-corrected chi connectivity index (χ2v) is 5.08. The Balaban J connectivity index is 2.20. The molecule has 0 aromatic heterocycles. The molecule has 0 heterocycles. The number of aliphatic hydroxyl groups excluding tert-OH is 1. The molecular weight excluding hydrogens is 283 g/mol. The summed E-state index contributed by atoms with van der Waals surface area (Å²) in [5.74, 6) is 0.716. The van der Waals surface area contributed by atoms with Crippen LogP contribution in [0.5, 0.6) is 5.75 Å². The zero-order chi connectivity index (χ0) is 13.8. The van der Waals surface area contributed by atoms with Gasteiger partial charge in [0.2, 0.25) is 0 Å². The number of benzene rings is 2. The molecule has 0 amide bonds. The first kappa shape index (κ1) is 14.2. The molecular formula is C15H14Cl2O2. The van der Waals surface area contributed by atoms with Gasteiger partial charge in [-0.1, -0.05) is 35.3 Å². The monoisotopic (exact) mass is 296 g/mol. The van der Waals surface area contributed by atoms with Crippen molar-refractivity contribution >= 4 is 23.2 Å². The fourth-order valence-corrected chi connectivity index (χ4v) is 2.26. The fourth-order valence-electron chi connectivity index (χ4n) is 1.87. The van der Waals surface area contributed by atoms with Crippen molar-refractivity contribution in [3.05, 3.63) is 63.6 Å². The molecule has 2 aromatic rings. The van der Waals surface area contributed by atoms with Crippen molar-refractivity contribution in [1.29, 1.82) is 0 Å². The molecule has 0 aliphatic heterocycles. The van der Waals surface area contributed by atoms with Crippen LogP contribution in [0, 0.1) is 0 Å². The summed E-state index contributed by atoms with van der Waals surface area (Å²) >= 11 is 12.0. The quantitative estimate of drug-likeness (QED) is 0.912. The number of methoxy groups -OCH3 is 1. The molecule has 0 radical (unpaired) electrons. The molecule has 19 heavy (non-hydrogen) atoms. The molecule has 1 N–H and O–H groups in total. The molecule has 0 fully saturated rings. The van der Waals surface area contributed by atoms with Crippen LogP contribution >= 0.6 is 23.2 Å². The number of aliphatic hydroxyl groups is 1. The third kappa shape index (κ3) is 3.63. The van der Waals surface area contributed by atoms with Crippen LogP contribution in [0.3, 0.4) is 0 Å². The molecule has 4 heteroatoms. The lowest BCUT2D eigenvalue weighted by atomic mass is 10.0. The van der Waals surface area contributed by atoms with Gasteiger partial charge in [0, 0.05) is 16.5 Å². The summed E-state index contributed by atoms with van der Waals surface area (Å²) < 4.78 is 5.14. The summed E-state index contributed by atoms with van der Waals surface area (Å²) in [7, 11) is 1.60. The Labute approximate surface area is 122 Å². The lowest BCUT2D eigenvalue weighted by molar-refractivity contribution is 0.178. The maximum absolute atomic E-state index is 10.3. The summed E-state index contributed by atoms with van der Waals surface area (Å²) in [6.07, 6.45) is -0.238. The SMILES string of the molecule is COc1cccc(C(O)Cc2cc(Cl)ccc2Cl)c1. The van der Waals surface area contributed by atoms with Crippen LogP contribution in [0.15, 0.2) is 42.5 Å². The standard InChI is InChI=1S/C15H14Cl2O2/c1-19-13-4-2-3-10(8-13)15(18)9-11-7-12(16)5-6-14(11)17/h2-8,15,18H,9H2,1H3. The second-order valence-electron chi connectivity index (χ2n) is 4.23. The number of hydrogen-bond donors (Lipinski definition) is 1. The molecule has 0 bridgehead atoms. The molecule has 100 valence electrons. The van der Waals surface area contributed by atoms with E-state index in [2.05, 4.69) is 0 Å². The van der Waals surface area contributed by atoms with Gasteiger partial charge in [0.15, 0.2) is 0 Å². The van der Waals surface area contributed by atoms with Gasteiger partial charge in [0.1, 0.15) is 5.75 Å². The summed E-state index contributed by atoms with van der Waals surface area (Å²) in [6, 6.07) is 12.6. The first-order valence-corrected chi connectivity index (χ1v) is 6.61. The van der Waals surface area contributed by atoms with Crippen molar-refractivity contribution in [2.75, 3.05) is 7.11 Å². The molecule has 0 aliphatic carbocycles. The summed E-state index contributed by atoms with van der Waals surface area (Å²) in [4.78, 5) is 0. The highest BCUT2D eigenvalue weighted by molar-refractivity contribution is 6.33. The average molecular weight is 297 g/mol. The first-order chi connectivity index (χ1) is 9.10. The van der Waals surface area contributed by atoms with Gasteiger partial charge in [0.25, 0.3) is 0 Å². The third-order valence-electron chi connectivity index (χ3n) is 2.90. The lowest BCUT2D eigenvalue weighted by Gasteiger charge is -2.13. The predicted octanol–water partition coefficient (Wildman–Crippen LogP) is 4.28. The van der Waals surface area contributed by atoms with Crippen LogP contribution in [-0.2, 0) is 6.42 Å². The van der Waals surface area contributed by atoms with E-state index in [-0.39, 0.29) is 0 Å². The van der Waals surface area contributed by atoms with Gasteiger partial charge in [-0.2, -0.15) is 0 Å². The van der Waals surface area contributed by atoms with Gasteiger partial charge in [-0.3, -0.25) is 0 Å². The molecule has 2 nitrogen and oxygen atoms in total. The Hall–Kier alpha value is -1.22. The van der Waals surface area contributed by atoms with Crippen LogP contribution in [0.1, 0.15) is 17.2 Å². The Morgan fingerprint density at radius 1 is 1.16 bits per heavy atom. The van der Waals surface area contributed by atoms with E-state index in [1.54, 1.807) is 25.3 Å². The van der Waals surface area contributed by atoms with Gasteiger partial charge in [-0.15, -0.1) is 0 Å². The molecule has 1 unspecified atom stereocenters. The van der Waals surface area contributed by atoms with Gasteiger partial charge in [0.05, 0.1) is 13.2 Å². The van der Waals surface area contributed by atoms with Gasteiger partial charge in [-0.05, 0) is 41.5 Å². The van der Waals surface area contributed by atoms with Crippen molar-refractivity contribution in [3.63, 3.8) is 0 Å². The largest absolute Gasteiger partial charge is 0.497 e. The van der Waals surface area contributed by atoms with Crippen molar-refractivity contribution in [2.45, 2.75) is 12.5 Å². The van der Waals surface area contributed by atoms with E-state index in [1.807, 2.05) is 24.3 Å². The average Bonchev–Trinajstić information content (AvgIpc) is 2.43. The van der Waals surface area contributed by atoms with Crippen LogP contribution in [0.4, 0.5) is 0 Å². The molecule has 1 atom stereocenters. The van der Waals surface area contributed by atoms with E-state index in [9.17, 15) is 5.11 Å². The second kappa shape index (κ2) is 6.29. The van der Waals surface area contributed by atoms with E-state index in [0.717, 1.165) is 11.1 Å². The summed E-state index contributed by atoms with van der Waals surface area (Å²) in [6.45, 7) is 0. The van der Waals surface area contributed by atoms with E-state index in [0.29, 0.717) is 22.2 Å². The van der Waals surface area contributed by atoms with Crippen molar-refractivity contribution in [2.24, 2.45) is 0 Å². The minimum atomic E-state index is -0.647. The highest BCUT2D eigenvalue weighted by Gasteiger charge is 2.12. The van der Waals surface area contributed by atoms with Gasteiger partial charge < -0.3 is 9.84 Å². The Morgan fingerprint density at radius 2 is 1.95 bits per heavy atom. The van der Waals surface area contributed by atoms with Crippen molar-refractivity contribution in [1.82, 2.24) is 0 Å². The maximum Gasteiger partial charge on any atom is 0.119 e. The number of ether oxygens (including phenoxy) is 1. The Bertz CT molecular complexity index is 570. The van der Waals surface area contributed by atoms with Crippen LogP contribution in [0.2, 0.25) is 10.0 Å². The minimum absolute atomic E-state index is 0.409. The highest BCUT2D eigenvalue weighted by Crippen LogP contribution is 2.27. The number of halogens is 2. The third-order valence-corrected chi connectivity index (χ3v) is 3.50. The minimum Gasteiger partial charge on any atom is -0.497 e. The summed E-state index contributed by atoms with van der Waals surface area (Å²) in [5.41, 5.74) is 1.61. The lowest BCUT2D eigenvalue weighted by Crippen LogP contribution is -2.02. The zero-order valence-electron chi connectivity index (χ0n) is 10.4. The number of hydrogen-bond acceptors (Lipinski definition) is 2. The Kier molecular flexibility index (Phi) is 4.70. The van der Waals surface area contributed by atoms with E-state index < -0.39 is 6.10 Å². The fraction of sp³-hybridized carbons (Fsp3) is 0.200. The normalized spacial score (nSPS) is 12.2. The molecule has 2 rings (SSSR count). The van der Waals surface area contributed by atoms with E-state index in [1.165, 1.54) is 0 Å². The first-order valence-electron chi connectivity index (χ1n) is 5.86. The van der Waals surface area contributed by atoms with Crippen LogP contribution < -0.4 is 4.74 Å². The Morgan fingerprint density at radius 3 is 2.68 bits per heavy atom. The van der Waals surface area contributed by atoms with Crippen LogP contribution in [0.25, 0.3) is 0 Å². The van der Waals surface area contributed by atoms with Gasteiger partial charge >= 0.3 is 0 Å². The zero-order valence-corrected chi connectivity index (χ0v) is 11.9. The van der Waals surface area contributed by atoms with Crippen molar-refractivity contribution in [3.8, 4) is 5.75 Å². The topological polar surface area (TPSA) is 29.5 Å². The van der Waals surface area contributed by atoms with Crippen molar-refractivity contribution < 1.29 is 9.84 Å². The van der Waals surface area contributed by atoms with E-state index >= 15 is 0 Å². The molecule has 0 saturated carbocycles. The predicted molar refractivity (Wildman–Crippen MR) is 78.1 cm³/mol. The molecule has 0 spiro atoms. The summed E-state index contributed by atoms with van der Waals surface area (Å²) in [5, 5.41) is 11.5. The molecule has 2 aromatic carbocycles. The van der Waals surface area contributed by atoms with Crippen LogP contribution in [-0.4, -0.2) is 12.2 Å². The molecule has 0 saturated heterocycles. The maximum atomic E-state index is 10.3.